The van der Waals surface area contributed by atoms with E-state index in [2.05, 4.69) is 20.9 Å². The van der Waals surface area contributed by atoms with Gasteiger partial charge in [-0.25, -0.2) is 0 Å². The van der Waals surface area contributed by atoms with Crippen LogP contribution in [0.4, 0.5) is 0 Å². The molecule has 0 radical (unpaired) electrons. The van der Waals surface area contributed by atoms with Gasteiger partial charge < -0.3 is 4.48 Å². The van der Waals surface area contributed by atoms with E-state index in [9.17, 15) is 0 Å². The number of nitrogens with zero attached hydrogens (tertiary/aromatic N) is 1. The van der Waals surface area contributed by atoms with Crippen molar-refractivity contribution < 1.29 is 4.48 Å². The van der Waals surface area contributed by atoms with Crippen LogP contribution in [0, 0.1) is 0 Å². The van der Waals surface area contributed by atoms with Crippen molar-refractivity contribution in [3.63, 3.8) is 0 Å². The van der Waals surface area contributed by atoms with Crippen molar-refractivity contribution in [3.8, 4) is 0 Å². The Balaban J connectivity index is 3.37. The number of hydrogen-bond acceptors (Lipinski definition) is 0. The molecule has 2 heteroatoms. The Morgan fingerprint density at radius 1 is 0.286 bits per heavy atom. The van der Waals surface area contributed by atoms with E-state index < -0.39 is 0 Å². The van der Waals surface area contributed by atoms with Crippen molar-refractivity contribution in [2.24, 2.45) is 0 Å². The molecule has 0 fully saturated rings. The zero-order valence-corrected chi connectivity index (χ0v) is 32.6. The SMILES string of the molecule is CCCCCCCCCCCCCCCCCCC[N+](C)(C[SiH3])CCCCCCCCCCCCCCCCCCC. The zero-order valence-electron chi connectivity index (χ0n) is 30.6. The van der Waals surface area contributed by atoms with E-state index in [4.69, 9.17) is 0 Å². The minimum absolute atomic E-state index is 1.36. The summed E-state index contributed by atoms with van der Waals surface area (Å²) in [6.45, 7) is 7.51. The molecule has 254 valence electrons. The quantitative estimate of drug-likeness (QED) is 0.0374. The number of quaternary nitrogens is 1. The first kappa shape index (κ1) is 42.2. The lowest BCUT2D eigenvalue weighted by Gasteiger charge is -2.34. The zero-order chi connectivity index (χ0) is 30.7. The van der Waals surface area contributed by atoms with E-state index in [1.807, 2.05) is 0 Å². The first-order valence-corrected chi connectivity index (χ1v) is 21.9. The van der Waals surface area contributed by atoms with Gasteiger partial charge in [-0.15, -0.1) is 0 Å². The van der Waals surface area contributed by atoms with Crippen LogP contribution in [0.15, 0.2) is 0 Å². The highest BCUT2D eigenvalue weighted by Crippen LogP contribution is 2.17. The highest BCUT2D eigenvalue weighted by Gasteiger charge is 2.17. The normalized spacial score (nSPS) is 12.1. The van der Waals surface area contributed by atoms with E-state index in [1.54, 1.807) is 0 Å². The molecule has 1 nitrogen and oxygen atoms in total. The molecule has 0 aliphatic carbocycles. The molecule has 0 heterocycles. The second-order valence-electron chi connectivity index (χ2n) is 14.7. The maximum absolute atomic E-state index is 2.56. The van der Waals surface area contributed by atoms with Crippen LogP contribution >= 0.6 is 0 Å². The van der Waals surface area contributed by atoms with Crippen LogP contribution in [0.2, 0.25) is 0 Å². The molecule has 0 saturated heterocycles. The summed E-state index contributed by atoms with van der Waals surface area (Å²) in [5.41, 5.74) is 0. The second-order valence-corrected chi connectivity index (χ2v) is 15.3. The smallest absolute Gasteiger partial charge is 0.0781 e. The molecule has 0 amide bonds. The second kappa shape index (κ2) is 35.7. The third kappa shape index (κ3) is 33.1. The summed E-state index contributed by atoms with van der Waals surface area (Å²) >= 11 is 0. The van der Waals surface area contributed by atoms with Crippen LogP contribution in [0.1, 0.15) is 232 Å². The van der Waals surface area contributed by atoms with Crippen molar-refractivity contribution in [1.82, 2.24) is 0 Å². The molecule has 0 aromatic heterocycles. The molecule has 0 bridgehead atoms. The van der Waals surface area contributed by atoms with Crippen LogP contribution in [-0.2, 0) is 0 Å². The molecule has 0 unspecified atom stereocenters. The third-order valence-corrected chi connectivity index (χ3v) is 11.9. The lowest BCUT2D eigenvalue weighted by molar-refractivity contribution is -0.899. The molecule has 0 aliphatic rings. The minimum atomic E-state index is 1.36. The van der Waals surface area contributed by atoms with Crippen molar-refractivity contribution >= 4 is 10.2 Å². The van der Waals surface area contributed by atoms with Crippen molar-refractivity contribution in [2.45, 2.75) is 232 Å². The maximum Gasteiger partial charge on any atom is 0.0781 e. The maximum atomic E-state index is 2.56. The molecule has 0 N–H and O–H groups in total. The molecular formula is C40H86NSi+. The van der Waals surface area contributed by atoms with Gasteiger partial charge >= 0.3 is 0 Å². The van der Waals surface area contributed by atoms with Crippen molar-refractivity contribution in [3.05, 3.63) is 0 Å². The van der Waals surface area contributed by atoms with Crippen LogP contribution < -0.4 is 0 Å². The predicted molar refractivity (Wildman–Crippen MR) is 199 cm³/mol. The first-order chi connectivity index (χ1) is 20.7. The summed E-state index contributed by atoms with van der Waals surface area (Å²) < 4.78 is 1.38. The molecule has 0 aromatic rings. The van der Waals surface area contributed by atoms with Gasteiger partial charge in [0.2, 0.25) is 0 Å². The lowest BCUT2D eigenvalue weighted by Crippen LogP contribution is -2.46. The summed E-state index contributed by atoms with van der Waals surface area (Å²) in [6.07, 6.45) is 51.6. The van der Waals surface area contributed by atoms with E-state index in [-0.39, 0.29) is 0 Å². The number of hydrogen-bond donors (Lipinski definition) is 0. The van der Waals surface area contributed by atoms with Gasteiger partial charge in [0.15, 0.2) is 0 Å². The van der Waals surface area contributed by atoms with E-state index in [0.717, 1.165) is 0 Å². The van der Waals surface area contributed by atoms with E-state index in [1.165, 1.54) is 252 Å². The van der Waals surface area contributed by atoms with Gasteiger partial charge in [0.1, 0.15) is 0 Å². The summed E-state index contributed by atoms with van der Waals surface area (Å²) in [4.78, 5) is 0. The topological polar surface area (TPSA) is 0 Å². The highest BCUT2D eigenvalue weighted by molar-refractivity contribution is 6.08. The minimum Gasteiger partial charge on any atom is -0.330 e. The van der Waals surface area contributed by atoms with Gasteiger partial charge in [0, 0.05) is 0 Å². The Labute approximate surface area is 272 Å². The summed E-state index contributed by atoms with van der Waals surface area (Å²) in [5.74, 6) is 0. The van der Waals surface area contributed by atoms with Crippen LogP contribution in [-0.4, -0.2) is 41.0 Å². The van der Waals surface area contributed by atoms with Gasteiger partial charge in [-0.3, -0.25) is 0 Å². The fraction of sp³-hybridized carbons (Fsp3) is 1.00. The van der Waals surface area contributed by atoms with Crippen LogP contribution in [0.25, 0.3) is 0 Å². The number of rotatable bonds is 37. The fourth-order valence-electron chi connectivity index (χ4n) is 6.86. The number of unbranched alkanes of at least 4 members (excludes halogenated alkanes) is 32. The average Bonchev–Trinajstić information content (AvgIpc) is 3.00. The Bertz CT molecular complexity index is 440. The highest BCUT2D eigenvalue weighted by atomic mass is 28.1. The molecule has 0 spiro atoms. The molecular weight excluding hydrogens is 523 g/mol. The van der Waals surface area contributed by atoms with Crippen molar-refractivity contribution in [1.29, 1.82) is 0 Å². The Kier molecular flexibility index (Phi) is 35.8. The first-order valence-electron chi connectivity index (χ1n) is 20.5. The van der Waals surface area contributed by atoms with Gasteiger partial charge in [-0.05, 0) is 25.7 Å². The molecule has 0 saturated carbocycles. The third-order valence-electron chi connectivity index (χ3n) is 10.4. The Hall–Kier alpha value is 0.177. The molecule has 0 atom stereocenters. The fourth-order valence-corrected chi connectivity index (χ4v) is 7.50. The Morgan fingerprint density at radius 3 is 0.619 bits per heavy atom. The van der Waals surface area contributed by atoms with Gasteiger partial charge in [0.05, 0.1) is 36.5 Å². The van der Waals surface area contributed by atoms with Crippen LogP contribution in [0.3, 0.4) is 0 Å². The van der Waals surface area contributed by atoms with Crippen molar-refractivity contribution in [2.75, 3.05) is 26.3 Å². The monoisotopic (exact) mass is 609 g/mol. The summed E-state index contributed by atoms with van der Waals surface area (Å²) in [7, 11) is 3.92. The summed E-state index contributed by atoms with van der Waals surface area (Å²) in [5, 5.41) is 0. The molecule has 0 rings (SSSR count). The van der Waals surface area contributed by atoms with Gasteiger partial charge in [-0.2, -0.15) is 0 Å². The average molecular weight is 609 g/mol. The molecule has 42 heavy (non-hydrogen) atoms. The largest absolute Gasteiger partial charge is 0.330 e. The molecule has 0 aliphatic heterocycles. The van der Waals surface area contributed by atoms with E-state index in [0.29, 0.717) is 0 Å². The van der Waals surface area contributed by atoms with Gasteiger partial charge in [0.25, 0.3) is 0 Å². The predicted octanol–water partition coefficient (Wildman–Crippen LogP) is 13.1. The lowest BCUT2D eigenvalue weighted by atomic mass is 10.0. The van der Waals surface area contributed by atoms with E-state index >= 15 is 0 Å². The van der Waals surface area contributed by atoms with Crippen LogP contribution in [0.5, 0.6) is 0 Å². The standard InChI is InChI=1S/C40H86NSi/c1-4-6-8-10-12-14-16-18-20-22-24-26-28-30-32-34-36-38-41(3,40-42)39-37-35-33-31-29-27-25-23-21-19-17-15-13-11-9-7-5-2/h4-40H2,1-3,42H3/q+1. The molecule has 0 aromatic carbocycles. The summed E-state index contributed by atoms with van der Waals surface area (Å²) in [6, 6.07) is 0. The Morgan fingerprint density at radius 2 is 0.452 bits per heavy atom. The van der Waals surface area contributed by atoms with Gasteiger partial charge in [-0.1, -0.05) is 206 Å².